The summed E-state index contributed by atoms with van der Waals surface area (Å²) in [5, 5.41) is 11.1. The molecular formula is C7H7NO2S. The van der Waals surface area contributed by atoms with E-state index in [-0.39, 0.29) is 0 Å². The summed E-state index contributed by atoms with van der Waals surface area (Å²) < 4.78 is 0. The highest BCUT2D eigenvalue weighted by Gasteiger charge is 2.07. The Morgan fingerprint density at radius 1 is 1.82 bits per heavy atom. The first kappa shape index (κ1) is 7.94. The topological polar surface area (TPSA) is 49.3 Å². The van der Waals surface area contributed by atoms with Gasteiger partial charge in [0.05, 0.1) is 5.70 Å². The van der Waals surface area contributed by atoms with Crippen LogP contribution in [0.3, 0.4) is 0 Å². The van der Waals surface area contributed by atoms with Gasteiger partial charge in [-0.1, -0.05) is 18.3 Å². The third-order valence-corrected chi connectivity index (χ3v) is 1.61. The van der Waals surface area contributed by atoms with Gasteiger partial charge < -0.3 is 10.4 Å². The first-order valence-corrected chi connectivity index (χ1v) is 3.50. The number of allylic oxidation sites excluding steroid dienone is 2. The molecule has 0 saturated heterocycles. The molecule has 0 saturated carbocycles. The lowest BCUT2D eigenvalue weighted by atomic mass is 10.2. The number of hydrogen-bond donors (Lipinski definition) is 2. The SMILES string of the molecule is O=C(O)C=C1NC=CCC1=S. The fourth-order valence-corrected chi connectivity index (χ4v) is 0.965. The minimum Gasteiger partial charge on any atom is -0.478 e. The molecule has 0 bridgehead atoms. The number of carbonyl (C=O) groups is 1. The number of hydrogen-bond acceptors (Lipinski definition) is 3. The van der Waals surface area contributed by atoms with Crippen LogP contribution in [0.25, 0.3) is 0 Å². The Morgan fingerprint density at radius 2 is 2.55 bits per heavy atom. The molecule has 1 rings (SSSR count). The zero-order chi connectivity index (χ0) is 8.27. The molecule has 0 spiro atoms. The van der Waals surface area contributed by atoms with Crippen molar-refractivity contribution in [1.82, 2.24) is 5.32 Å². The van der Waals surface area contributed by atoms with Gasteiger partial charge in [0, 0.05) is 17.4 Å². The average Bonchev–Trinajstić information content (AvgIpc) is 1.93. The van der Waals surface area contributed by atoms with Crippen LogP contribution in [0, 0.1) is 0 Å². The molecule has 1 heterocycles. The van der Waals surface area contributed by atoms with Crippen LogP contribution in [0.5, 0.6) is 0 Å². The molecule has 11 heavy (non-hydrogen) atoms. The number of carboxylic acids is 1. The third kappa shape index (κ3) is 2.16. The van der Waals surface area contributed by atoms with Gasteiger partial charge >= 0.3 is 5.97 Å². The molecular weight excluding hydrogens is 162 g/mol. The van der Waals surface area contributed by atoms with E-state index in [2.05, 4.69) is 5.32 Å². The molecule has 58 valence electrons. The Hall–Kier alpha value is -1.16. The Morgan fingerprint density at radius 3 is 3.09 bits per heavy atom. The van der Waals surface area contributed by atoms with Crippen molar-refractivity contribution in [3.05, 3.63) is 24.0 Å². The summed E-state index contributed by atoms with van der Waals surface area (Å²) in [5.74, 6) is -0.981. The van der Waals surface area contributed by atoms with Crippen LogP contribution in [0.15, 0.2) is 24.0 Å². The minimum absolute atomic E-state index is 0.509. The van der Waals surface area contributed by atoms with Crippen LogP contribution >= 0.6 is 12.2 Å². The van der Waals surface area contributed by atoms with Gasteiger partial charge in [-0.3, -0.25) is 0 Å². The number of thiocarbonyl (C=S) groups is 1. The number of rotatable bonds is 1. The van der Waals surface area contributed by atoms with Crippen molar-refractivity contribution in [1.29, 1.82) is 0 Å². The molecule has 1 aliphatic rings. The highest BCUT2D eigenvalue weighted by Crippen LogP contribution is 2.05. The van der Waals surface area contributed by atoms with Gasteiger partial charge in [-0.25, -0.2) is 4.79 Å². The molecule has 0 aromatic carbocycles. The van der Waals surface area contributed by atoms with Gasteiger partial charge in [-0.2, -0.15) is 0 Å². The van der Waals surface area contributed by atoms with Gasteiger partial charge in [0.25, 0.3) is 0 Å². The van der Waals surface area contributed by atoms with E-state index in [4.69, 9.17) is 17.3 Å². The zero-order valence-corrected chi connectivity index (χ0v) is 6.52. The summed E-state index contributed by atoms with van der Waals surface area (Å²) in [6.07, 6.45) is 5.25. The molecule has 0 aromatic rings. The van der Waals surface area contributed by atoms with Crippen molar-refractivity contribution >= 4 is 23.1 Å². The molecule has 3 nitrogen and oxygen atoms in total. The van der Waals surface area contributed by atoms with Gasteiger partial charge in [0.1, 0.15) is 0 Å². The van der Waals surface area contributed by atoms with Gasteiger partial charge in [-0.15, -0.1) is 0 Å². The number of nitrogens with one attached hydrogen (secondary N) is 1. The van der Waals surface area contributed by atoms with Crippen molar-refractivity contribution in [2.24, 2.45) is 0 Å². The Balaban J connectivity index is 2.79. The summed E-state index contributed by atoms with van der Waals surface area (Å²) >= 11 is 4.90. The molecule has 0 fully saturated rings. The van der Waals surface area contributed by atoms with Crippen molar-refractivity contribution in [3.63, 3.8) is 0 Å². The monoisotopic (exact) mass is 169 g/mol. The summed E-state index contributed by atoms with van der Waals surface area (Å²) in [5.41, 5.74) is 0.509. The first-order chi connectivity index (χ1) is 5.20. The summed E-state index contributed by atoms with van der Waals surface area (Å²) in [6, 6.07) is 0. The van der Waals surface area contributed by atoms with Gasteiger partial charge in [0.15, 0.2) is 0 Å². The van der Waals surface area contributed by atoms with Crippen LogP contribution in [-0.4, -0.2) is 15.9 Å². The van der Waals surface area contributed by atoms with E-state index in [1.54, 1.807) is 6.20 Å². The average molecular weight is 169 g/mol. The summed E-state index contributed by atoms with van der Waals surface area (Å²) in [7, 11) is 0. The fraction of sp³-hybridized carbons (Fsp3) is 0.143. The van der Waals surface area contributed by atoms with Crippen LogP contribution in [0.2, 0.25) is 0 Å². The largest absolute Gasteiger partial charge is 0.478 e. The van der Waals surface area contributed by atoms with Crippen LogP contribution < -0.4 is 5.32 Å². The molecule has 0 unspecified atom stereocenters. The molecule has 0 aromatic heterocycles. The predicted molar refractivity (Wildman–Crippen MR) is 45.2 cm³/mol. The van der Waals surface area contributed by atoms with Crippen LogP contribution in [0.1, 0.15) is 6.42 Å². The van der Waals surface area contributed by atoms with Crippen molar-refractivity contribution in [3.8, 4) is 0 Å². The molecule has 0 aliphatic carbocycles. The smallest absolute Gasteiger partial charge is 0.330 e. The maximum atomic E-state index is 10.2. The Labute approximate surface area is 69.4 Å². The molecule has 0 atom stereocenters. The molecule has 2 N–H and O–H groups in total. The van der Waals surface area contributed by atoms with Crippen molar-refractivity contribution in [2.45, 2.75) is 6.42 Å². The van der Waals surface area contributed by atoms with Gasteiger partial charge in [0.2, 0.25) is 0 Å². The minimum atomic E-state index is -0.981. The van der Waals surface area contributed by atoms with Crippen molar-refractivity contribution < 1.29 is 9.90 Å². The lowest BCUT2D eigenvalue weighted by molar-refractivity contribution is -0.131. The zero-order valence-electron chi connectivity index (χ0n) is 5.70. The Bertz CT molecular complexity index is 255. The van der Waals surface area contributed by atoms with Crippen LogP contribution in [-0.2, 0) is 4.79 Å². The van der Waals surface area contributed by atoms with E-state index in [1.807, 2.05) is 6.08 Å². The second-order valence-corrected chi connectivity index (χ2v) is 2.56. The summed E-state index contributed by atoms with van der Waals surface area (Å²) in [4.78, 5) is 10.8. The highest BCUT2D eigenvalue weighted by molar-refractivity contribution is 7.80. The number of aliphatic carboxylic acids is 1. The molecule has 0 radical (unpaired) electrons. The van der Waals surface area contributed by atoms with Gasteiger partial charge in [-0.05, 0) is 6.20 Å². The van der Waals surface area contributed by atoms with Crippen molar-refractivity contribution in [2.75, 3.05) is 0 Å². The van der Waals surface area contributed by atoms with Crippen LogP contribution in [0.4, 0.5) is 0 Å². The lowest BCUT2D eigenvalue weighted by Crippen LogP contribution is -2.18. The van der Waals surface area contributed by atoms with E-state index < -0.39 is 5.97 Å². The van der Waals surface area contributed by atoms with E-state index >= 15 is 0 Å². The Kier molecular flexibility index (Phi) is 2.38. The predicted octanol–water partition coefficient (Wildman–Crippen LogP) is 0.832. The lowest BCUT2D eigenvalue weighted by Gasteiger charge is -2.10. The second-order valence-electron chi connectivity index (χ2n) is 2.07. The second kappa shape index (κ2) is 3.30. The maximum Gasteiger partial charge on any atom is 0.330 e. The molecule has 4 heteroatoms. The van der Waals surface area contributed by atoms with E-state index in [1.165, 1.54) is 0 Å². The molecule has 1 aliphatic heterocycles. The highest BCUT2D eigenvalue weighted by atomic mass is 32.1. The molecule has 0 amide bonds. The normalized spacial score (nSPS) is 20.0. The maximum absolute atomic E-state index is 10.2. The first-order valence-electron chi connectivity index (χ1n) is 3.09. The third-order valence-electron chi connectivity index (χ3n) is 1.23. The standard InChI is InChI=1S/C7H7NO2S/c9-7(10)4-5-6(11)2-1-3-8-5/h1,3-4,8H,2H2,(H,9,10). The van der Waals surface area contributed by atoms with E-state index in [0.29, 0.717) is 17.0 Å². The van der Waals surface area contributed by atoms with E-state index in [9.17, 15) is 4.79 Å². The quantitative estimate of drug-likeness (QED) is 0.451. The summed E-state index contributed by atoms with van der Waals surface area (Å²) in [6.45, 7) is 0. The number of carboxylic acid groups (broad SMARTS) is 1. The fourth-order valence-electron chi connectivity index (χ4n) is 0.751. The van der Waals surface area contributed by atoms with E-state index in [0.717, 1.165) is 6.08 Å².